The molecule has 1 rings (SSSR count). The predicted molar refractivity (Wildman–Crippen MR) is 49.8 cm³/mol. The zero-order valence-electron chi connectivity index (χ0n) is 8.31. The summed E-state index contributed by atoms with van der Waals surface area (Å²) in [5, 5.41) is 2.97. The molecule has 1 fully saturated rings. The van der Waals surface area contributed by atoms with Gasteiger partial charge < -0.3 is 5.32 Å². The van der Waals surface area contributed by atoms with Gasteiger partial charge in [-0.2, -0.15) is 0 Å². The lowest BCUT2D eigenvalue weighted by Gasteiger charge is -2.38. The minimum atomic E-state index is -0.0712. The maximum Gasteiger partial charge on any atom is 0.226 e. The van der Waals surface area contributed by atoms with Crippen molar-refractivity contribution in [2.75, 3.05) is 6.54 Å². The minimum Gasteiger partial charge on any atom is -0.356 e. The van der Waals surface area contributed by atoms with Crippen LogP contribution in [0.3, 0.4) is 0 Å². The molecule has 1 unspecified atom stereocenters. The first-order valence-electron chi connectivity index (χ1n) is 4.92. The van der Waals surface area contributed by atoms with Crippen LogP contribution in [0.1, 0.15) is 40.0 Å². The summed E-state index contributed by atoms with van der Waals surface area (Å²) in [5.74, 6) is 0.731. The quantitative estimate of drug-likeness (QED) is 0.672. The number of hydrogen-bond acceptors (Lipinski definition) is 1. The number of carbonyl (C=O) groups excluding carboxylic acids is 1. The van der Waals surface area contributed by atoms with Crippen molar-refractivity contribution >= 4 is 5.91 Å². The second kappa shape index (κ2) is 3.46. The third-order valence-corrected chi connectivity index (χ3v) is 3.27. The Morgan fingerprint density at radius 2 is 2.25 bits per heavy atom. The van der Waals surface area contributed by atoms with Crippen molar-refractivity contribution < 1.29 is 4.79 Å². The molecule has 2 nitrogen and oxygen atoms in total. The fraction of sp³-hybridized carbons (Fsp3) is 0.900. The molecule has 1 atom stereocenters. The van der Waals surface area contributed by atoms with Crippen LogP contribution in [0, 0.1) is 11.3 Å². The molecule has 0 aromatic carbocycles. The van der Waals surface area contributed by atoms with Gasteiger partial charge in [-0.05, 0) is 25.2 Å². The summed E-state index contributed by atoms with van der Waals surface area (Å²) in [6.07, 6.45) is 3.17. The van der Waals surface area contributed by atoms with E-state index in [-0.39, 0.29) is 11.3 Å². The van der Waals surface area contributed by atoms with Gasteiger partial charge in [0.25, 0.3) is 0 Å². The molecule has 0 radical (unpaired) electrons. The predicted octanol–water partition coefficient (Wildman–Crippen LogP) is 1.95. The molecule has 12 heavy (non-hydrogen) atoms. The Morgan fingerprint density at radius 3 is 2.58 bits per heavy atom. The summed E-state index contributed by atoms with van der Waals surface area (Å²) in [4.78, 5) is 11.7. The van der Waals surface area contributed by atoms with Crippen molar-refractivity contribution in [3.63, 3.8) is 0 Å². The van der Waals surface area contributed by atoms with Crippen molar-refractivity contribution in [1.82, 2.24) is 5.32 Å². The summed E-state index contributed by atoms with van der Waals surface area (Å²) in [5.41, 5.74) is -0.0712. The first kappa shape index (κ1) is 9.56. The summed E-state index contributed by atoms with van der Waals surface area (Å²) in [6.45, 7) is 7.28. The van der Waals surface area contributed by atoms with Gasteiger partial charge in [-0.15, -0.1) is 0 Å². The molecular formula is C10H19NO. The number of amides is 1. The van der Waals surface area contributed by atoms with Gasteiger partial charge in [0.15, 0.2) is 0 Å². The molecule has 0 aliphatic carbocycles. The number of rotatable bonds is 2. The summed E-state index contributed by atoms with van der Waals surface area (Å²) in [7, 11) is 0. The third kappa shape index (κ3) is 1.35. The van der Waals surface area contributed by atoms with Gasteiger partial charge >= 0.3 is 0 Å². The van der Waals surface area contributed by atoms with Crippen LogP contribution >= 0.6 is 0 Å². The largest absolute Gasteiger partial charge is 0.356 e. The Balaban J connectivity index is 2.81. The standard InChI is InChI=1S/C10H19NO/c1-4-10(8(2)3)6-5-7-11-9(10)12/h8H,4-7H2,1-3H3,(H,11,12). The van der Waals surface area contributed by atoms with E-state index < -0.39 is 0 Å². The van der Waals surface area contributed by atoms with Crippen LogP contribution in [0.15, 0.2) is 0 Å². The van der Waals surface area contributed by atoms with E-state index in [9.17, 15) is 4.79 Å². The van der Waals surface area contributed by atoms with Gasteiger partial charge in [-0.25, -0.2) is 0 Å². The van der Waals surface area contributed by atoms with Gasteiger partial charge in [0, 0.05) is 6.54 Å². The molecule has 70 valence electrons. The Morgan fingerprint density at radius 1 is 1.58 bits per heavy atom. The van der Waals surface area contributed by atoms with E-state index in [0.29, 0.717) is 5.92 Å². The monoisotopic (exact) mass is 169 g/mol. The number of nitrogens with one attached hydrogen (secondary N) is 1. The van der Waals surface area contributed by atoms with Gasteiger partial charge in [0.1, 0.15) is 0 Å². The Labute approximate surface area is 74.7 Å². The molecule has 1 heterocycles. The van der Waals surface area contributed by atoms with E-state index in [4.69, 9.17) is 0 Å². The molecule has 2 heteroatoms. The number of hydrogen-bond donors (Lipinski definition) is 1. The smallest absolute Gasteiger partial charge is 0.226 e. The van der Waals surface area contributed by atoms with E-state index in [0.717, 1.165) is 25.8 Å². The Kier molecular flexibility index (Phi) is 2.76. The van der Waals surface area contributed by atoms with Gasteiger partial charge in [0.2, 0.25) is 5.91 Å². The highest BCUT2D eigenvalue weighted by Crippen LogP contribution is 2.38. The van der Waals surface area contributed by atoms with Gasteiger partial charge in [-0.1, -0.05) is 20.8 Å². The molecule has 1 aliphatic heterocycles. The van der Waals surface area contributed by atoms with Crippen LogP contribution in [0.5, 0.6) is 0 Å². The van der Waals surface area contributed by atoms with E-state index in [2.05, 4.69) is 26.1 Å². The highest BCUT2D eigenvalue weighted by molar-refractivity contribution is 5.83. The van der Waals surface area contributed by atoms with Crippen molar-refractivity contribution in [1.29, 1.82) is 0 Å². The van der Waals surface area contributed by atoms with Crippen LogP contribution in [0.4, 0.5) is 0 Å². The highest BCUT2D eigenvalue weighted by Gasteiger charge is 2.40. The molecule has 0 aromatic rings. The second-order valence-electron chi connectivity index (χ2n) is 4.02. The maximum absolute atomic E-state index is 11.7. The lowest BCUT2D eigenvalue weighted by Crippen LogP contribution is -2.48. The minimum absolute atomic E-state index is 0.0712. The summed E-state index contributed by atoms with van der Waals surface area (Å²) < 4.78 is 0. The number of carbonyl (C=O) groups is 1. The van der Waals surface area contributed by atoms with E-state index >= 15 is 0 Å². The fourth-order valence-corrected chi connectivity index (χ4v) is 2.19. The number of piperidine rings is 1. The van der Waals surface area contributed by atoms with Gasteiger partial charge in [-0.3, -0.25) is 4.79 Å². The van der Waals surface area contributed by atoms with Crippen molar-refractivity contribution in [3.8, 4) is 0 Å². The van der Waals surface area contributed by atoms with Crippen molar-refractivity contribution in [2.45, 2.75) is 40.0 Å². The van der Waals surface area contributed by atoms with Crippen LogP contribution in [-0.2, 0) is 4.79 Å². The van der Waals surface area contributed by atoms with E-state index in [1.54, 1.807) is 0 Å². The van der Waals surface area contributed by atoms with Crippen molar-refractivity contribution in [2.24, 2.45) is 11.3 Å². The summed E-state index contributed by atoms with van der Waals surface area (Å²) in [6, 6.07) is 0. The average molecular weight is 169 g/mol. The zero-order chi connectivity index (χ0) is 9.19. The zero-order valence-corrected chi connectivity index (χ0v) is 8.31. The van der Waals surface area contributed by atoms with Gasteiger partial charge in [0.05, 0.1) is 5.41 Å². The average Bonchev–Trinajstić information content (AvgIpc) is 2.05. The van der Waals surface area contributed by atoms with E-state index in [1.807, 2.05) is 0 Å². The second-order valence-corrected chi connectivity index (χ2v) is 4.02. The third-order valence-electron chi connectivity index (χ3n) is 3.27. The van der Waals surface area contributed by atoms with Crippen LogP contribution < -0.4 is 5.32 Å². The van der Waals surface area contributed by atoms with Crippen LogP contribution in [-0.4, -0.2) is 12.5 Å². The SMILES string of the molecule is CCC1(C(C)C)CCCNC1=O. The molecule has 0 spiro atoms. The highest BCUT2D eigenvalue weighted by atomic mass is 16.2. The molecular weight excluding hydrogens is 150 g/mol. The molecule has 0 bridgehead atoms. The Hall–Kier alpha value is -0.530. The molecule has 0 aromatic heterocycles. The molecule has 1 saturated heterocycles. The normalized spacial score (nSPS) is 30.5. The van der Waals surface area contributed by atoms with Crippen molar-refractivity contribution in [3.05, 3.63) is 0 Å². The first-order chi connectivity index (χ1) is 5.63. The molecule has 1 aliphatic rings. The fourth-order valence-electron chi connectivity index (χ4n) is 2.19. The molecule has 1 N–H and O–H groups in total. The van der Waals surface area contributed by atoms with E-state index in [1.165, 1.54) is 0 Å². The lowest BCUT2D eigenvalue weighted by atomic mass is 9.69. The van der Waals surface area contributed by atoms with Crippen LogP contribution in [0.2, 0.25) is 0 Å². The Bertz CT molecular complexity index is 177. The van der Waals surface area contributed by atoms with Crippen LogP contribution in [0.25, 0.3) is 0 Å². The maximum atomic E-state index is 11.7. The molecule has 1 amide bonds. The first-order valence-corrected chi connectivity index (χ1v) is 4.92. The topological polar surface area (TPSA) is 29.1 Å². The summed E-state index contributed by atoms with van der Waals surface area (Å²) >= 11 is 0. The lowest BCUT2D eigenvalue weighted by molar-refractivity contribution is -0.136. The molecule has 0 saturated carbocycles.